The van der Waals surface area contributed by atoms with Crippen molar-refractivity contribution in [3.05, 3.63) is 83.9 Å². The highest BCUT2D eigenvalue weighted by atomic mass is 32.2. The standard InChI is InChI=1S/C24H26N2O5S/c1-4-20(17-10-6-5-7-11-17)25-24(27)19-12-8-9-13-21(19)26-32(28,29)18-14-15-22(30-2)23(16-18)31-3/h5-16,20,26H,4H2,1-3H3,(H,25,27)/t20-/m0/s1. The van der Waals surface area contributed by atoms with Crippen molar-refractivity contribution in [3.8, 4) is 11.5 Å². The number of hydrogen-bond donors (Lipinski definition) is 2. The molecule has 0 fully saturated rings. The fourth-order valence-corrected chi connectivity index (χ4v) is 4.39. The van der Waals surface area contributed by atoms with E-state index >= 15 is 0 Å². The lowest BCUT2D eigenvalue weighted by molar-refractivity contribution is 0.0936. The molecule has 3 rings (SSSR count). The molecule has 168 valence electrons. The first-order chi connectivity index (χ1) is 15.4. The second-order valence-corrected chi connectivity index (χ2v) is 8.70. The van der Waals surface area contributed by atoms with Gasteiger partial charge in [-0.15, -0.1) is 0 Å². The zero-order valence-electron chi connectivity index (χ0n) is 18.2. The highest BCUT2D eigenvalue weighted by molar-refractivity contribution is 7.92. The van der Waals surface area contributed by atoms with Crippen molar-refractivity contribution < 1.29 is 22.7 Å². The van der Waals surface area contributed by atoms with Crippen molar-refractivity contribution in [3.63, 3.8) is 0 Å². The predicted molar refractivity (Wildman–Crippen MR) is 124 cm³/mol. The molecule has 3 aromatic rings. The summed E-state index contributed by atoms with van der Waals surface area (Å²) in [6.07, 6.45) is 0.690. The fraction of sp³-hybridized carbons (Fsp3) is 0.208. The highest BCUT2D eigenvalue weighted by Crippen LogP contribution is 2.30. The Morgan fingerprint density at radius 3 is 2.22 bits per heavy atom. The van der Waals surface area contributed by atoms with Crippen LogP contribution in [0.1, 0.15) is 35.3 Å². The van der Waals surface area contributed by atoms with E-state index in [1.807, 2.05) is 37.3 Å². The van der Waals surface area contributed by atoms with E-state index in [0.717, 1.165) is 5.56 Å². The summed E-state index contributed by atoms with van der Waals surface area (Å²) in [5.41, 5.74) is 1.39. The van der Waals surface area contributed by atoms with E-state index in [1.165, 1.54) is 32.4 Å². The molecule has 0 radical (unpaired) electrons. The molecule has 3 aromatic carbocycles. The smallest absolute Gasteiger partial charge is 0.262 e. The quantitative estimate of drug-likeness (QED) is 0.500. The van der Waals surface area contributed by atoms with E-state index in [4.69, 9.17) is 9.47 Å². The van der Waals surface area contributed by atoms with Crippen LogP contribution in [0.3, 0.4) is 0 Å². The van der Waals surface area contributed by atoms with E-state index in [1.54, 1.807) is 24.3 Å². The van der Waals surface area contributed by atoms with Crippen LogP contribution in [0.4, 0.5) is 5.69 Å². The number of methoxy groups -OCH3 is 2. The minimum atomic E-state index is -3.98. The SMILES string of the molecule is CC[C@H](NC(=O)c1ccccc1NS(=O)(=O)c1ccc(OC)c(OC)c1)c1ccccc1. The lowest BCUT2D eigenvalue weighted by Gasteiger charge is -2.19. The molecule has 0 aromatic heterocycles. The van der Waals surface area contributed by atoms with Crippen molar-refractivity contribution >= 4 is 21.6 Å². The van der Waals surface area contributed by atoms with Crippen molar-refractivity contribution in [2.75, 3.05) is 18.9 Å². The van der Waals surface area contributed by atoms with Gasteiger partial charge in [0.2, 0.25) is 0 Å². The Morgan fingerprint density at radius 2 is 1.56 bits per heavy atom. The number of rotatable bonds is 9. The number of carbonyl (C=O) groups is 1. The van der Waals surface area contributed by atoms with Crippen molar-refractivity contribution in [1.29, 1.82) is 0 Å². The third-order valence-electron chi connectivity index (χ3n) is 5.00. The average molecular weight is 455 g/mol. The predicted octanol–water partition coefficient (Wildman–Crippen LogP) is 4.39. The van der Waals surface area contributed by atoms with Crippen molar-refractivity contribution in [2.24, 2.45) is 0 Å². The van der Waals surface area contributed by atoms with Crippen LogP contribution in [-0.2, 0) is 10.0 Å². The third-order valence-corrected chi connectivity index (χ3v) is 6.36. The summed E-state index contributed by atoms with van der Waals surface area (Å²) in [6.45, 7) is 1.98. The molecule has 2 N–H and O–H groups in total. The van der Waals surface area contributed by atoms with Gasteiger partial charge in [0.25, 0.3) is 15.9 Å². The van der Waals surface area contributed by atoms with Gasteiger partial charge in [0.15, 0.2) is 11.5 Å². The van der Waals surface area contributed by atoms with E-state index < -0.39 is 10.0 Å². The maximum Gasteiger partial charge on any atom is 0.262 e. The molecule has 0 spiro atoms. The largest absolute Gasteiger partial charge is 0.493 e. The molecule has 1 atom stereocenters. The lowest BCUT2D eigenvalue weighted by atomic mass is 10.0. The maximum absolute atomic E-state index is 13.0. The van der Waals surface area contributed by atoms with Gasteiger partial charge < -0.3 is 14.8 Å². The monoisotopic (exact) mass is 454 g/mol. The summed E-state index contributed by atoms with van der Waals surface area (Å²) < 4.78 is 38.9. The number of hydrogen-bond acceptors (Lipinski definition) is 5. The first-order valence-electron chi connectivity index (χ1n) is 10.1. The number of amides is 1. The number of carbonyl (C=O) groups excluding carboxylic acids is 1. The van der Waals surface area contributed by atoms with Gasteiger partial charge in [0, 0.05) is 6.07 Å². The van der Waals surface area contributed by atoms with Crippen molar-refractivity contribution in [2.45, 2.75) is 24.3 Å². The van der Waals surface area contributed by atoms with Gasteiger partial charge in [-0.05, 0) is 36.2 Å². The van der Waals surface area contributed by atoms with Crippen LogP contribution in [0.25, 0.3) is 0 Å². The fourth-order valence-electron chi connectivity index (χ4n) is 3.30. The van der Waals surface area contributed by atoms with Gasteiger partial charge in [0.1, 0.15) is 0 Å². The third kappa shape index (κ3) is 5.20. The molecule has 7 nitrogen and oxygen atoms in total. The van der Waals surface area contributed by atoms with Crippen LogP contribution < -0.4 is 19.5 Å². The molecule has 0 aliphatic heterocycles. The first kappa shape index (κ1) is 23.1. The van der Waals surface area contributed by atoms with Crippen LogP contribution in [0.2, 0.25) is 0 Å². The van der Waals surface area contributed by atoms with Gasteiger partial charge >= 0.3 is 0 Å². The first-order valence-corrected chi connectivity index (χ1v) is 11.6. The molecule has 0 saturated heterocycles. The Kier molecular flexibility index (Phi) is 7.37. The number of ether oxygens (including phenoxy) is 2. The van der Waals surface area contributed by atoms with E-state index in [9.17, 15) is 13.2 Å². The molecule has 0 unspecified atom stereocenters. The Bertz CT molecular complexity index is 1180. The number of sulfonamides is 1. The van der Waals surface area contributed by atoms with Crippen LogP contribution in [0, 0.1) is 0 Å². The second-order valence-electron chi connectivity index (χ2n) is 7.01. The second kappa shape index (κ2) is 10.2. The molecule has 32 heavy (non-hydrogen) atoms. The molecule has 0 heterocycles. The molecule has 1 amide bonds. The summed E-state index contributed by atoms with van der Waals surface area (Å²) >= 11 is 0. The molecular weight excluding hydrogens is 428 g/mol. The lowest BCUT2D eigenvalue weighted by Crippen LogP contribution is -2.29. The summed E-state index contributed by atoms with van der Waals surface area (Å²) in [5, 5.41) is 2.99. The number of benzene rings is 3. The minimum Gasteiger partial charge on any atom is -0.493 e. The molecule has 0 aliphatic rings. The van der Waals surface area contributed by atoms with E-state index in [2.05, 4.69) is 10.0 Å². The summed E-state index contributed by atoms with van der Waals surface area (Å²) in [6, 6.07) is 20.2. The summed E-state index contributed by atoms with van der Waals surface area (Å²) in [5.74, 6) is 0.333. The van der Waals surface area contributed by atoms with Crippen molar-refractivity contribution in [1.82, 2.24) is 5.32 Å². The van der Waals surface area contributed by atoms with E-state index in [0.29, 0.717) is 12.2 Å². The number of para-hydroxylation sites is 1. The molecule has 8 heteroatoms. The van der Waals surface area contributed by atoms with Crippen LogP contribution in [0.15, 0.2) is 77.7 Å². The summed E-state index contributed by atoms with van der Waals surface area (Å²) in [7, 11) is -1.08. The van der Waals surface area contributed by atoms with Crippen LogP contribution in [0.5, 0.6) is 11.5 Å². The Balaban J connectivity index is 1.87. The minimum absolute atomic E-state index is 0.0129. The maximum atomic E-state index is 13.0. The van der Waals surface area contributed by atoms with Gasteiger partial charge in [-0.2, -0.15) is 0 Å². The Morgan fingerprint density at radius 1 is 0.906 bits per heavy atom. The molecule has 0 bridgehead atoms. The molecule has 0 aliphatic carbocycles. The number of nitrogens with one attached hydrogen (secondary N) is 2. The average Bonchev–Trinajstić information content (AvgIpc) is 2.82. The normalized spacial score (nSPS) is 12.0. The Labute approximate surface area is 188 Å². The van der Waals surface area contributed by atoms with Crippen LogP contribution in [-0.4, -0.2) is 28.5 Å². The molecule has 0 saturated carbocycles. The van der Waals surface area contributed by atoms with Gasteiger partial charge in [-0.3, -0.25) is 9.52 Å². The van der Waals surface area contributed by atoms with E-state index in [-0.39, 0.29) is 33.8 Å². The zero-order valence-corrected chi connectivity index (χ0v) is 19.0. The van der Waals surface area contributed by atoms with Gasteiger partial charge in [0.05, 0.1) is 36.4 Å². The van der Waals surface area contributed by atoms with Gasteiger partial charge in [-0.25, -0.2) is 8.42 Å². The zero-order chi connectivity index (χ0) is 23.1. The van der Waals surface area contributed by atoms with Gasteiger partial charge in [-0.1, -0.05) is 49.4 Å². The molecular formula is C24H26N2O5S. The highest BCUT2D eigenvalue weighted by Gasteiger charge is 2.22. The van der Waals surface area contributed by atoms with Crippen LogP contribution >= 0.6 is 0 Å². The summed E-state index contributed by atoms with van der Waals surface area (Å²) in [4.78, 5) is 13.0. The topological polar surface area (TPSA) is 93.7 Å². The Hall–Kier alpha value is -3.52. The number of anilines is 1.